The number of nitrogens with zero attached hydrogens (tertiary/aromatic N) is 1. The molecule has 2 N–H and O–H groups in total. The Morgan fingerprint density at radius 1 is 0.735 bits per heavy atom. The van der Waals surface area contributed by atoms with Gasteiger partial charge in [0.25, 0.3) is 5.91 Å². The van der Waals surface area contributed by atoms with Crippen molar-refractivity contribution in [1.82, 2.24) is 10.6 Å². The first kappa shape index (κ1) is 32.1. The molecule has 7 heteroatoms. The molecule has 0 saturated carbocycles. The Hall–Kier alpha value is -1.89. The zero-order valence-electron chi connectivity index (χ0n) is 22.3. The summed E-state index contributed by atoms with van der Waals surface area (Å²) in [5, 5.41) is 5.05. The largest absolute Gasteiger partial charge is 0.464 e. The van der Waals surface area contributed by atoms with Crippen LogP contribution in [0.2, 0.25) is 0 Å². The Morgan fingerprint density at radius 2 is 1.21 bits per heavy atom. The van der Waals surface area contributed by atoms with Crippen molar-refractivity contribution in [1.29, 1.82) is 0 Å². The second-order valence-electron chi connectivity index (χ2n) is 9.94. The van der Waals surface area contributed by atoms with Crippen LogP contribution in [0.25, 0.3) is 0 Å². The molecular formula is C27H52N3O4+. The zero-order chi connectivity index (χ0) is 25.5. The van der Waals surface area contributed by atoms with E-state index < -0.39 is 11.9 Å². The van der Waals surface area contributed by atoms with Crippen LogP contribution in [-0.2, 0) is 19.1 Å². The highest BCUT2D eigenvalue weighted by Crippen LogP contribution is 2.12. The van der Waals surface area contributed by atoms with Gasteiger partial charge < -0.3 is 19.9 Å². The molecule has 0 fully saturated rings. The lowest BCUT2D eigenvalue weighted by Crippen LogP contribution is -2.49. The molecule has 7 nitrogen and oxygen atoms in total. The highest BCUT2D eigenvalue weighted by atomic mass is 16.5. The normalized spacial score (nSPS) is 11.1. The third kappa shape index (κ3) is 21.9. The monoisotopic (exact) mass is 482 g/mol. The molecule has 0 aromatic rings. The van der Waals surface area contributed by atoms with Crippen molar-refractivity contribution < 1.29 is 23.6 Å². The smallest absolute Gasteiger partial charge is 0.325 e. The van der Waals surface area contributed by atoms with Crippen molar-refractivity contribution in [2.24, 2.45) is 0 Å². The Labute approximate surface area is 208 Å². The van der Waals surface area contributed by atoms with E-state index in [1.807, 2.05) is 14.1 Å². The van der Waals surface area contributed by atoms with Gasteiger partial charge in [-0.15, -0.1) is 0 Å². The van der Waals surface area contributed by atoms with Crippen molar-refractivity contribution in [3.63, 3.8) is 0 Å². The van der Waals surface area contributed by atoms with Gasteiger partial charge in [0.1, 0.15) is 6.54 Å². The summed E-state index contributed by atoms with van der Waals surface area (Å²) in [6.45, 7) is 6.90. The number of quaternary nitrogens is 1. The van der Waals surface area contributed by atoms with E-state index in [2.05, 4.69) is 24.1 Å². The SMILES string of the molecule is C=CC[N+](C)(C)CC(=O)NCC(=O)NCC(=O)OCCCCCCCCCCCCCCCC. The Kier molecular flexibility index (Phi) is 20.4. The van der Waals surface area contributed by atoms with Gasteiger partial charge >= 0.3 is 5.97 Å². The minimum absolute atomic E-state index is 0.154. The summed E-state index contributed by atoms with van der Waals surface area (Å²) in [7, 11) is 3.82. The predicted molar refractivity (Wildman–Crippen MR) is 139 cm³/mol. The van der Waals surface area contributed by atoms with E-state index in [4.69, 9.17) is 4.74 Å². The summed E-state index contributed by atoms with van der Waals surface area (Å²) >= 11 is 0. The lowest BCUT2D eigenvalue weighted by atomic mass is 10.0. The topological polar surface area (TPSA) is 84.5 Å². The minimum Gasteiger partial charge on any atom is -0.464 e. The van der Waals surface area contributed by atoms with E-state index in [1.165, 1.54) is 77.0 Å². The van der Waals surface area contributed by atoms with Crippen LogP contribution in [0.4, 0.5) is 0 Å². The average molecular weight is 483 g/mol. The standard InChI is InChI=1S/C27H51N3O4/c1-5-7-8-9-10-11-12-13-14-15-16-17-18-19-21-34-27(33)23-29-25(31)22-28-26(32)24-30(3,4)20-6-2/h6H,2,5,7-24H2,1,3-4H3,(H-,28,29,31,32)/p+1. The molecule has 0 aliphatic heterocycles. The van der Waals surface area contributed by atoms with Crippen LogP contribution in [0.5, 0.6) is 0 Å². The first-order valence-corrected chi connectivity index (χ1v) is 13.4. The van der Waals surface area contributed by atoms with Gasteiger partial charge in [-0.25, -0.2) is 0 Å². The molecule has 0 aromatic carbocycles. The maximum atomic E-state index is 11.9. The molecule has 34 heavy (non-hydrogen) atoms. The third-order valence-electron chi connectivity index (χ3n) is 5.83. The van der Waals surface area contributed by atoms with Crippen LogP contribution >= 0.6 is 0 Å². The molecule has 0 bridgehead atoms. The zero-order valence-corrected chi connectivity index (χ0v) is 22.3. The number of ether oxygens (including phenoxy) is 1. The molecule has 0 aliphatic rings. The first-order chi connectivity index (χ1) is 16.3. The molecule has 0 aromatic heterocycles. The van der Waals surface area contributed by atoms with Crippen molar-refractivity contribution in [3.05, 3.63) is 12.7 Å². The molecule has 0 unspecified atom stereocenters. The highest BCUT2D eigenvalue weighted by Gasteiger charge is 2.18. The maximum Gasteiger partial charge on any atom is 0.325 e. The number of hydrogen-bond donors (Lipinski definition) is 2. The summed E-state index contributed by atoms with van der Waals surface area (Å²) in [5.74, 6) is -1.07. The number of amides is 2. The molecule has 198 valence electrons. The van der Waals surface area contributed by atoms with Gasteiger partial charge in [0, 0.05) is 0 Å². The Balaban J connectivity index is 3.50. The number of esters is 1. The van der Waals surface area contributed by atoms with Crippen molar-refractivity contribution in [2.45, 2.75) is 96.8 Å². The molecule has 0 aliphatic carbocycles. The van der Waals surface area contributed by atoms with Crippen LogP contribution in [0.15, 0.2) is 12.7 Å². The molecule has 2 amide bonds. The van der Waals surface area contributed by atoms with Crippen LogP contribution in [0, 0.1) is 0 Å². The van der Waals surface area contributed by atoms with Gasteiger partial charge in [-0.3, -0.25) is 14.4 Å². The van der Waals surface area contributed by atoms with Crippen molar-refractivity contribution >= 4 is 17.8 Å². The Morgan fingerprint density at radius 3 is 1.71 bits per heavy atom. The molecule has 0 radical (unpaired) electrons. The molecule has 0 heterocycles. The minimum atomic E-state index is -0.446. The molecule has 0 atom stereocenters. The van der Waals surface area contributed by atoms with Crippen LogP contribution in [-0.4, -0.2) is 69.1 Å². The van der Waals surface area contributed by atoms with Crippen LogP contribution < -0.4 is 10.6 Å². The fourth-order valence-corrected chi connectivity index (χ4v) is 3.80. The number of carbonyl (C=O) groups is 3. The fourth-order valence-electron chi connectivity index (χ4n) is 3.80. The van der Waals surface area contributed by atoms with Gasteiger partial charge in [0.2, 0.25) is 5.91 Å². The first-order valence-electron chi connectivity index (χ1n) is 13.4. The van der Waals surface area contributed by atoms with E-state index in [0.717, 1.165) is 12.8 Å². The number of carbonyl (C=O) groups excluding carboxylic acids is 3. The molecule has 0 spiro atoms. The highest BCUT2D eigenvalue weighted by molar-refractivity contribution is 5.87. The molecular weight excluding hydrogens is 430 g/mol. The molecule has 0 saturated heterocycles. The summed E-state index contributed by atoms with van der Waals surface area (Å²) in [6.07, 6.45) is 19.7. The second kappa shape index (κ2) is 21.6. The van der Waals surface area contributed by atoms with Gasteiger partial charge in [-0.1, -0.05) is 97.0 Å². The molecule has 0 rings (SSSR count). The second-order valence-corrected chi connectivity index (χ2v) is 9.94. The predicted octanol–water partition coefficient (Wildman–Crippen LogP) is 4.51. The van der Waals surface area contributed by atoms with E-state index in [0.29, 0.717) is 17.6 Å². The van der Waals surface area contributed by atoms with Gasteiger partial charge in [-0.05, 0) is 12.5 Å². The van der Waals surface area contributed by atoms with E-state index in [1.54, 1.807) is 6.08 Å². The van der Waals surface area contributed by atoms with E-state index in [9.17, 15) is 14.4 Å². The van der Waals surface area contributed by atoms with Gasteiger partial charge in [-0.2, -0.15) is 0 Å². The quantitative estimate of drug-likeness (QED) is 0.0971. The van der Waals surface area contributed by atoms with E-state index >= 15 is 0 Å². The summed E-state index contributed by atoms with van der Waals surface area (Å²) in [6, 6.07) is 0. The lowest BCUT2D eigenvalue weighted by Gasteiger charge is -2.27. The van der Waals surface area contributed by atoms with Crippen molar-refractivity contribution in [3.8, 4) is 0 Å². The third-order valence-corrected chi connectivity index (χ3v) is 5.83. The van der Waals surface area contributed by atoms with Gasteiger partial charge in [0.05, 0.1) is 33.8 Å². The summed E-state index contributed by atoms with van der Waals surface area (Å²) < 4.78 is 5.63. The number of likely N-dealkylation sites (N-methyl/N-ethyl adjacent to an activating group) is 1. The average Bonchev–Trinajstić information content (AvgIpc) is 2.78. The lowest BCUT2D eigenvalue weighted by molar-refractivity contribution is -0.876. The Bertz CT molecular complexity index is 564. The van der Waals surface area contributed by atoms with E-state index in [-0.39, 0.29) is 25.5 Å². The maximum absolute atomic E-state index is 11.9. The number of nitrogens with one attached hydrogen (secondary N) is 2. The van der Waals surface area contributed by atoms with Crippen LogP contribution in [0.1, 0.15) is 96.8 Å². The van der Waals surface area contributed by atoms with Gasteiger partial charge in [0.15, 0.2) is 6.54 Å². The van der Waals surface area contributed by atoms with Crippen LogP contribution in [0.3, 0.4) is 0 Å². The number of hydrogen-bond acceptors (Lipinski definition) is 4. The number of rotatable bonds is 23. The summed E-state index contributed by atoms with van der Waals surface area (Å²) in [4.78, 5) is 35.5. The fraction of sp³-hybridized carbons (Fsp3) is 0.815. The van der Waals surface area contributed by atoms with Crippen molar-refractivity contribution in [2.75, 3.05) is 46.9 Å². The summed E-state index contributed by atoms with van der Waals surface area (Å²) in [5.41, 5.74) is 0. The number of unbranched alkanes of at least 4 members (excludes halogenated alkanes) is 13.